The third-order valence-electron chi connectivity index (χ3n) is 3.57. The minimum atomic E-state index is -3.44. The van der Waals surface area contributed by atoms with E-state index in [2.05, 4.69) is 9.88 Å². The lowest BCUT2D eigenvalue weighted by Crippen LogP contribution is -2.44. The number of nitrogens with two attached hydrogens (primary N) is 1. The summed E-state index contributed by atoms with van der Waals surface area (Å²) in [5.74, 6) is 0.595. The van der Waals surface area contributed by atoms with Crippen molar-refractivity contribution in [2.45, 2.75) is 31.8 Å². The molecule has 1 saturated heterocycles. The van der Waals surface area contributed by atoms with Crippen molar-refractivity contribution in [3.8, 4) is 5.88 Å². The summed E-state index contributed by atoms with van der Waals surface area (Å²) in [7, 11) is -1.86. The van der Waals surface area contributed by atoms with Gasteiger partial charge in [0.05, 0.1) is 12.9 Å². The Hall–Kier alpha value is -1.18. The Morgan fingerprint density at radius 2 is 2.30 bits per heavy atom. The van der Waals surface area contributed by atoms with Crippen molar-refractivity contribution in [1.82, 2.24) is 9.88 Å². The second-order valence-electron chi connectivity index (χ2n) is 5.16. The van der Waals surface area contributed by atoms with E-state index >= 15 is 0 Å². The highest BCUT2D eigenvalue weighted by Gasteiger charge is 2.26. The molecule has 0 bridgehead atoms. The average molecular weight is 299 g/mol. The first-order valence-corrected chi connectivity index (χ1v) is 8.43. The van der Waals surface area contributed by atoms with Crippen molar-refractivity contribution >= 4 is 10.0 Å². The number of rotatable bonds is 5. The molecule has 112 valence electrons. The van der Waals surface area contributed by atoms with Crippen LogP contribution in [0.2, 0.25) is 0 Å². The molecule has 0 amide bonds. The van der Waals surface area contributed by atoms with Gasteiger partial charge in [-0.2, -0.15) is 0 Å². The van der Waals surface area contributed by atoms with Gasteiger partial charge in [-0.05, 0) is 31.0 Å². The number of likely N-dealkylation sites (tertiary alicyclic amines) is 1. The van der Waals surface area contributed by atoms with Crippen LogP contribution in [0.1, 0.15) is 24.8 Å². The van der Waals surface area contributed by atoms with Crippen LogP contribution in [0.3, 0.4) is 0 Å². The summed E-state index contributed by atoms with van der Waals surface area (Å²) < 4.78 is 27.7. The van der Waals surface area contributed by atoms with E-state index in [1.165, 1.54) is 0 Å². The minimum Gasteiger partial charge on any atom is -0.481 e. The van der Waals surface area contributed by atoms with E-state index in [1.807, 2.05) is 12.1 Å². The van der Waals surface area contributed by atoms with Crippen LogP contribution in [-0.4, -0.2) is 43.8 Å². The van der Waals surface area contributed by atoms with Gasteiger partial charge in [0.1, 0.15) is 0 Å². The number of hydrogen-bond donors (Lipinski definition) is 1. The zero-order valence-corrected chi connectivity index (χ0v) is 12.5. The fourth-order valence-corrected chi connectivity index (χ4v) is 3.53. The summed E-state index contributed by atoms with van der Waals surface area (Å²) in [4.78, 5) is 6.26. The van der Waals surface area contributed by atoms with Gasteiger partial charge in [0.2, 0.25) is 15.9 Å². The van der Waals surface area contributed by atoms with Crippen molar-refractivity contribution in [2.24, 2.45) is 5.14 Å². The molecule has 1 fully saturated rings. The number of primary sulfonamides is 1. The summed E-state index contributed by atoms with van der Waals surface area (Å²) in [6.07, 6.45) is 4.71. The van der Waals surface area contributed by atoms with Crippen molar-refractivity contribution in [3.63, 3.8) is 0 Å². The van der Waals surface area contributed by atoms with Gasteiger partial charge in [-0.15, -0.1) is 0 Å². The van der Waals surface area contributed by atoms with E-state index in [0.29, 0.717) is 12.4 Å². The summed E-state index contributed by atoms with van der Waals surface area (Å²) >= 11 is 0. The molecule has 6 nitrogen and oxygen atoms in total. The molecule has 20 heavy (non-hydrogen) atoms. The van der Waals surface area contributed by atoms with Crippen molar-refractivity contribution in [1.29, 1.82) is 0 Å². The van der Waals surface area contributed by atoms with Gasteiger partial charge < -0.3 is 4.74 Å². The number of hydrogen-bond acceptors (Lipinski definition) is 5. The molecule has 1 aromatic rings. The van der Waals surface area contributed by atoms with Crippen LogP contribution < -0.4 is 9.88 Å². The van der Waals surface area contributed by atoms with E-state index in [-0.39, 0.29) is 11.8 Å². The highest BCUT2D eigenvalue weighted by Crippen LogP contribution is 2.21. The van der Waals surface area contributed by atoms with Crippen LogP contribution in [0, 0.1) is 0 Å². The first-order valence-electron chi connectivity index (χ1n) is 6.71. The molecule has 1 aliphatic rings. The second-order valence-corrected chi connectivity index (χ2v) is 6.82. The maximum Gasteiger partial charge on any atom is 0.213 e. The lowest BCUT2D eigenvalue weighted by Gasteiger charge is -2.35. The zero-order valence-electron chi connectivity index (χ0n) is 11.7. The topological polar surface area (TPSA) is 85.5 Å². The third kappa shape index (κ3) is 4.43. The lowest BCUT2D eigenvalue weighted by atomic mass is 10.0. The van der Waals surface area contributed by atoms with Gasteiger partial charge in [-0.25, -0.2) is 18.5 Å². The molecule has 2 rings (SSSR count). The van der Waals surface area contributed by atoms with E-state index in [0.717, 1.165) is 31.4 Å². The summed E-state index contributed by atoms with van der Waals surface area (Å²) in [5, 5.41) is 5.18. The monoisotopic (exact) mass is 299 g/mol. The molecular formula is C13H21N3O3S. The number of ether oxygens (including phenoxy) is 1. The zero-order chi connectivity index (χ0) is 14.6. The molecule has 1 aromatic heterocycles. The van der Waals surface area contributed by atoms with Gasteiger partial charge in [0.15, 0.2) is 0 Å². The molecule has 0 spiro atoms. The van der Waals surface area contributed by atoms with Gasteiger partial charge >= 0.3 is 0 Å². The van der Waals surface area contributed by atoms with Crippen LogP contribution in [-0.2, 0) is 16.6 Å². The van der Waals surface area contributed by atoms with E-state index in [4.69, 9.17) is 9.88 Å². The minimum absolute atomic E-state index is 0.00193. The Kier molecular flexibility index (Phi) is 4.95. The van der Waals surface area contributed by atoms with E-state index in [9.17, 15) is 8.42 Å². The fraction of sp³-hybridized carbons (Fsp3) is 0.615. The summed E-state index contributed by atoms with van der Waals surface area (Å²) in [6.45, 7) is 1.59. The van der Waals surface area contributed by atoms with Crippen LogP contribution in [0.5, 0.6) is 5.88 Å². The highest BCUT2D eigenvalue weighted by atomic mass is 32.2. The van der Waals surface area contributed by atoms with Crippen LogP contribution in [0.4, 0.5) is 0 Å². The number of aromatic nitrogens is 1. The third-order valence-corrected chi connectivity index (χ3v) is 4.42. The Morgan fingerprint density at radius 1 is 1.50 bits per heavy atom. The number of piperidine rings is 1. The molecule has 0 radical (unpaired) electrons. The molecule has 7 heteroatoms. The predicted octanol–water partition coefficient (Wildman–Crippen LogP) is 0.733. The van der Waals surface area contributed by atoms with Gasteiger partial charge in [-0.3, -0.25) is 4.90 Å². The molecular weight excluding hydrogens is 278 g/mol. The average Bonchev–Trinajstić information content (AvgIpc) is 2.40. The molecule has 2 heterocycles. The highest BCUT2D eigenvalue weighted by molar-refractivity contribution is 7.89. The first-order chi connectivity index (χ1) is 9.48. The van der Waals surface area contributed by atoms with Crippen LogP contribution >= 0.6 is 0 Å². The second kappa shape index (κ2) is 6.51. The number of pyridine rings is 1. The normalized spacial score (nSPS) is 20.8. The van der Waals surface area contributed by atoms with Crippen LogP contribution in [0.15, 0.2) is 18.3 Å². The van der Waals surface area contributed by atoms with Crippen molar-refractivity contribution in [2.75, 3.05) is 19.4 Å². The molecule has 0 aromatic carbocycles. The van der Waals surface area contributed by atoms with Crippen molar-refractivity contribution in [3.05, 3.63) is 23.9 Å². The number of methoxy groups -OCH3 is 1. The molecule has 1 unspecified atom stereocenters. The summed E-state index contributed by atoms with van der Waals surface area (Å²) in [5.41, 5.74) is 1.07. The summed E-state index contributed by atoms with van der Waals surface area (Å²) in [6, 6.07) is 3.80. The standard InChI is InChI=1S/C13H21N3O3S/c1-19-13-8-11(5-6-15-13)9-16-7-3-2-4-12(16)10-20(14,17)18/h5-6,8,12H,2-4,7,9-10H2,1H3,(H2,14,17,18). The Balaban J connectivity index is 2.08. The van der Waals surface area contributed by atoms with Gasteiger partial charge in [-0.1, -0.05) is 6.42 Å². The van der Waals surface area contributed by atoms with E-state index < -0.39 is 10.0 Å². The van der Waals surface area contributed by atoms with E-state index in [1.54, 1.807) is 13.3 Å². The molecule has 1 aliphatic heterocycles. The van der Waals surface area contributed by atoms with Gasteiger partial charge in [0.25, 0.3) is 0 Å². The molecule has 1 atom stereocenters. The SMILES string of the molecule is COc1cc(CN2CCCCC2CS(N)(=O)=O)ccn1. The lowest BCUT2D eigenvalue weighted by molar-refractivity contribution is 0.154. The fourth-order valence-electron chi connectivity index (χ4n) is 2.62. The first kappa shape index (κ1) is 15.2. The van der Waals surface area contributed by atoms with Gasteiger partial charge in [0, 0.05) is 24.8 Å². The molecule has 0 saturated carbocycles. The Morgan fingerprint density at radius 3 is 3.00 bits per heavy atom. The number of sulfonamides is 1. The largest absolute Gasteiger partial charge is 0.481 e. The van der Waals surface area contributed by atoms with Crippen molar-refractivity contribution < 1.29 is 13.2 Å². The molecule has 0 aliphatic carbocycles. The maximum atomic E-state index is 11.3. The number of nitrogens with zero attached hydrogens (tertiary/aromatic N) is 2. The Bertz CT molecular complexity index is 548. The quantitative estimate of drug-likeness (QED) is 0.866. The maximum absolute atomic E-state index is 11.3. The van der Waals surface area contributed by atoms with Crippen LogP contribution in [0.25, 0.3) is 0 Å². The molecule has 2 N–H and O–H groups in total. The smallest absolute Gasteiger partial charge is 0.213 e. The Labute approximate surface area is 120 Å². The predicted molar refractivity (Wildman–Crippen MR) is 76.8 cm³/mol.